The molecule has 1 aromatic carbocycles. The molecule has 29 heavy (non-hydrogen) atoms. The summed E-state index contributed by atoms with van der Waals surface area (Å²) in [5.41, 5.74) is 0.812. The second-order valence-corrected chi connectivity index (χ2v) is 7.63. The number of aromatic nitrogens is 3. The van der Waals surface area contributed by atoms with Gasteiger partial charge in [0, 0.05) is 17.0 Å². The average Bonchev–Trinajstić information content (AvgIpc) is 3.47. The van der Waals surface area contributed by atoms with E-state index in [1.165, 1.54) is 23.5 Å². The van der Waals surface area contributed by atoms with Crippen molar-refractivity contribution >= 4 is 29.0 Å². The molecule has 0 aliphatic heterocycles. The van der Waals surface area contributed by atoms with Gasteiger partial charge in [-0.25, -0.2) is 18.9 Å². The van der Waals surface area contributed by atoms with Crippen molar-refractivity contribution in [3.05, 3.63) is 53.4 Å². The first kappa shape index (κ1) is 19.3. The zero-order chi connectivity index (χ0) is 20.2. The number of hydrogen-bond donors (Lipinski definition) is 1. The molecule has 0 atom stereocenters. The van der Waals surface area contributed by atoms with Crippen LogP contribution in [-0.2, 0) is 9.53 Å². The number of rotatable bonds is 6. The Morgan fingerprint density at radius 1 is 1.21 bits per heavy atom. The molecular weight excluding hydrogens is 395 g/mol. The Hall–Kier alpha value is -3.07. The first-order valence-electron chi connectivity index (χ1n) is 9.32. The summed E-state index contributed by atoms with van der Waals surface area (Å²) in [4.78, 5) is 28.6. The van der Waals surface area contributed by atoms with Crippen LogP contribution in [0.1, 0.15) is 42.2 Å². The van der Waals surface area contributed by atoms with Crippen LogP contribution in [0.3, 0.4) is 0 Å². The molecule has 0 unspecified atom stereocenters. The molecule has 7 nitrogen and oxygen atoms in total. The molecular formula is C20H19FN4O3S. The standard InChI is InChI=1S/C20H19FN4O3S/c21-14-7-5-13(6-8-14)19-23-16(12-29-19)20(27)28-11-18(26)24-17-9-10-22-25(17)15-3-1-2-4-15/h5-10,12,15H,1-4,11H2,(H,24,26). The van der Waals surface area contributed by atoms with Crippen molar-refractivity contribution in [2.45, 2.75) is 31.7 Å². The molecule has 0 spiro atoms. The smallest absolute Gasteiger partial charge is 0.358 e. The number of anilines is 1. The topological polar surface area (TPSA) is 86.1 Å². The minimum Gasteiger partial charge on any atom is -0.451 e. The molecule has 4 rings (SSSR count). The van der Waals surface area contributed by atoms with Gasteiger partial charge in [0.2, 0.25) is 0 Å². The van der Waals surface area contributed by atoms with Crippen LogP contribution in [0.25, 0.3) is 10.6 Å². The van der Waals surface area contributed by atoms with E-state index in [2.05, 4.69) is 15.4 Å². The summed E-state index contributed by atoms with van der Waals surface area (Å²) >= 11 is 1.24. The highest BCUT2D eigenvalue weighted by molar-refractivity contribution is 7.13. The van der Waals surface area contributed by atoms with Gasteiger partial charge in [-0.1, -0.05) is 12.8 Å². The van der Waals surface area contributed by atoms with Crippen LogP contribution in [0.2, 0.25) is 0 Å². The van der Waals surface area contributed by atoms with E-state index in [0.717, 1.165) is 25.7 Å². The molecule has 2 heterocycles. The van der Waals surface area contributed by atoms with Crippen molar-refractivity contribution in [2.24, 2.45) is 0 Å². The molecule has 9 heteroatoms. The van der Waals surface area contributed by atoms with E-state index in [1.807, 2.05) is 4.68 Å². The van der Waals surface area contributed by atoms with Crippen LogP contribution in [0.5, 0.6) is 0 Å². The van der Waals surface area contributed by atoms with Crippen LogP contribution < -0.4 is 5.32 Å². The first-order chi connectivity index (χ1) is 14.1. The number of nitrogens with one attached hydrogen (secondary N) is 1. The van der Waals surface area contributed by atoms with Crippen LogP contribution in [0, 0.1) is 5.82 Å². The third kappa shape index (κ3) is 4.51. The minimum absolute atomic E-state index is 0.109. The first-order valence-corrected chi connectivity index (χ1v) is 10.2. The maximum atomic E-state index is 13.0. The van der Waals surface area contributed by atoms with E-state index in [4.69, 9.17) is 4.74 Å². The lowest BCUT2D eigenvalue weighted by Crippen LogP contribution is -2.23. The van der Waals surface area contributed by atoms with Crippen LogP contribution >= 0.6 is 11.3 Å². The summed E-state index contributed by atoms with van der Waals surface area (Å²) < 4.78 is 19.9. The lowest BCUT2D eigenvalue weighted by Gasteiger charge is -2.14. The summed E-state index contributed by atoms with van der Waals surface area (Å²) in [6.07, 6.45) is 6.04. The summed E-state index contributed by atoms with van der Waals surface area (Å²) in [6.45, 7) is -0.419. The SMILES string of the molecule is O=C(COC(=O)c1csc(-c2ccc(F)cc2)n1)Nc1ccnn1C1CCCC1. The molecule has 1 aliphatic rings. The Morgan fingerprint density at radius 3 is 2.72 bits per heavy atom. The summed E-state index contributed by atoms with van der Waals surface area (Å²) in [5.74, 6) is -0.864. The summed E-state index contributed by atoms with van der Waals surface area (Å²) in [6, 6.07) is 7.86. The number of thiazole rings is 1. The fourth-order valence-electron chi connectivity index (χ4n) is 3.33. The number of carbonyl (C=O) groups is 2. The highest BCUT2D eigenvalue weighted by Crippen LogP contribution is 2.31. The zero-order valence-electron chi connectivity index (χ0n) is 15.5. The largest absolute Gasteiger partial charge is 0.451 e. The molecule has 1 N–H and O–H groups in total. The third-order valence-electron chi connectivity index (χ3n) is 4.75. The van der Waals surface area contributed by atoms with Crippen molar-refractivity contribution < 1.29 is 18.7 Å². The number of halogens is 1. The maximum Gasteiger partial charge on any atom is 0.358 e. The van der Waals surface area contributed by atoms with Gasteiger partial charge in [-0.15, -0.1) is 11.3 Å². The van der Waals surface area contributed by atoms with Gasteiger partial charge in [-0.2, -0.15) is 5.10 Å². The van der Waals surface area contributed by atoms with Crippen molar-refractivity contribution in [1.82, 2.24) is 14.8 Å². The number of esters is 1. The Kier molecular flexibility index (Phi) is 5.66. The van der Waals surface area contributed by atoms with Gasteiger partial charge in [-0.3, -0.25) is 4.79 Å². The monoisotopic (exact) mass is 414 g/mol. The Labute approximate surface area is 170 Å². The molecule has 0 radical (unpaired) electrons. The second kappa shape index (κ2) is 8.52. The Balaban J connectivity index is 1.32. The van der Waals surface area contributed by atoms with Crippen LogP contribution in [0.15, 0.2) is 41.9 Å². The summed E-state index contributed by atoms with van der Waals surface area (Å²) in [7, 11) is 0. The minimum atomic E-state index is -0.686. The van der Waals surface area contributed by atoms with Crippen LogP contribution in [-0.4, -0.2) is 33.2 Å². The van der Waals surface area contributed by atoms with Crippen molar-refractivity contribution in [1.29, 1.82) is 0 Å². The number of ether oxygens (including phenoxy) is 1. The molecule has 1 aliphatic carbocycles. The van der Waals surface area contributed by atoms with Gasteiger partial charge < -0.3 is 10.1 Å². The van der Waals surface area contributed by atoms with E-state index in [1.54, 1.807) is 29.8 Å². The van der Waals surface area contributed by atoms with Crippen molar-refractivity contribution in [3.63, 3.8) is 0 Å². The number of benzene rings is 1. The van der Waals surface area contributed by atoms with Crippen molar-refractivity contribution in [3.8, 4) is 10.6 Å². The van der Waals surface area contributed by atoms with Crippen LogP contribution in [0.4, 0.5) is 10.2 Å². The number of amides is 1. The number of nitrogens with zero attached hydrogens (tertiary/aromatic N) is 3. The second-order valence-electron chi connectivity index (χ2n) is 6.77. The van der Waals surface area contributed by atoms with E-state index in [0.29, 0.717) is 22.4 Å². The molecule has 0 bridgehead atoms. The summed E-state index contributed by atoms with van der Waals surface area (Å²) in [5, 5.41) is 9.16. The average molecular weight is 414 g/mol. The highest BCUT2D eigenvalue weighted by Gasteiger charge is 2.21. The molecule has 2 aromatic heterocycles. The predicted octanol–water partition coefficient (Wildman–Crippen LogP) is 4.06. The number of carbonyl (C=O) groups excluding carboxylic acids is 2. The third-order valence-corrected chi connectivity index (χ3v) is 5.64. The maximum absolute atomic E-state index is 13.0. The van der Waals surface area contributed by atoms with Gasteiger partial charge in [-0.05, 0) is 37.1 Å². The zero-order valence-corrected chi connectivity index (χ0v) is 16.3. The van der Waals surface area contributed by atoms with Gasteiger partial charge in [0.05, 0.1) is 12.2 Å². The van der Waals surface area contributed by atoms with Gasteiger partial charge >= 0.3 is 5.97 Å². The van der Waals surface area contributed by atoms with E-state index in [9.17, 15) is 14.0 Å². The number of hydrogen-bond acceptors (Lipinski definition) is 6. The molecule has 0 saturated heterocycles. The quantitative estimate of drug-likeness (QED) is 0.615. The normalized spacial score (nSPS) is 14.1. The van der Waals surface area contributed by atoms with Gasteiger partial charge in [0.25, 0.3) is 5.91 Å². The Bertz CT molecular complexity index is 1010. The predicted molar refractivity (Wildman–Crippen MR) is 106 cm³/mol. The van der Waals surface area contributed by atoms with Gasteiger partial charge in [0.1, 0.15) is 16.6 Å². The molecule has 1 saturated carbocycles. The fraction of sp³-hybridized carbons (Fsp3) is 0.300. The van der Waals surface area contributed by atoms with Gasteiger partial charge in [0.15, 0.2) is 12.3 Å². The molecule has 3 aromatic rings. The molecule has 1 fully saturated rings. The molecule has 150 valence electrons. The molecule has 1 amide bonds. The Morgan fingerprint density at radius 2 is 1.97 bits per heavy atom. The van der Waals surface area contributed by atoms with E-state index in [-0.39, 0.29) is 11.5 Å². The highest BCUT2D eigenvalue weighted by atomic mass is 32.1. The lowest BCUT2D eigenvalue weighted by molar-refractivity contribution is -0.119. The van der Waals surface area contributed by atoms with E-state index < -0.39 is 18.5 Å². The van der Waals surface area contributed by atoms with E-state index >= 15 is 0 Å². The fourth-order valence-corrected chi connectivity index (χ4v) is 4.12. The lowest BCUT2D eigenvalue weighted by atomic mass is 10.2. The van der Waals surface area contributed by atoms with Crippen molar-refractivity contribution in [2.75, 3.05) is 11.9 Å².